The van der Waals surface area contributed by atoms with Gasteiger partial charge in [0.25, 0.3) is 5.91 Å². The minimum absolute atomic E-state index is 0.0365. The summed E-state index contributed by atoms with van der Waals surface area (Å²) in [5.74, 6) is -3.40. The van der Waals surface area contributed by atoms with Gasteiger partial charge in [0, 0.05) is 16.7 Å². The maximum atomic E-state index is 14.5. The van der Waals surface area contributed by atoms with Gasteiger partial charge in [0.05, 0.1) is 16.9 Å². The first-order valence-corrected chi connectivity index (χ1v) is 10.3. The Morgan fingerprint density at radius 1 is 1.14 bits per heavy atom. The molecule has 0 bridgehead atoms. The average Bonchev–Trinajstić information content (AvgIpc) is 2.58. The van der Waals surface area contributed by atoms with Crippen molar-refractivity contribution in [2.45, 2.75) is 25.4 Å². The molecule has 2 aromatic carbocycles. The zero-order chi connectivity index (χ0) is 20.9. The van der Waals surface area contributed by atoms with Crippen LogP contribution in [0.2, 0.25) is 0 Å². The maximum Gasteiger partial charge on any atom is 0.256 e. The van der Waals surface area contributed by atoms with Gasteiger partial charge in [-0.3, -0.25) is 4.79 Å². The molecule has 2 fully saturated rings. The van der Waals surface area contributed by atoms with Crippen LogP contribution in [-0.2, 0) is 0 Å². The van der Waals surface area contributed by atoms with Crippen molar-refractivity contribution >= 4 is 39.9 Å². The Hall–Kier alpha value is -1.85. The van der Waals surface area contributed by atoms with Crippen molar-refractivity contribution < 1.29 is 18.0 Å². The fourth-order valence-corrected chi connectivity index (χ4v) is 4.03. The number of amides is 1. The zero-order valence-corrected chi connectivity index (χ0v) is 18.0. The molecule has 1 amide bonds. The molecular weight excluding hydrogens is 496 g/mol. The minimum Gasteiger partial charge on any atom is -0.585 e. The van der Waals surface area contributed by atoms with Crippen LogP contribution in [0.4, 0.5) is 24.5 Å². The van der Waals surface area contributed by atoms with Gasteiger partial charge < -0.3 is 20.7 Å². The van der Waals surface area contributed by atoms with E-state index in [2.05, 4.69) is 10.7 Å². The Balaban J connectivity index is 1.55. The monoisotopic (exact) mass is 515 g/mol. The SMILES string of the molecule is CC(C)N1CC2(CN(C(=O)c3ccc(F)c(F)c3Nc3ccc(I)cc3F)C2)[N-]1. The summed E-state index contributed by atoms with van der Waals surface area (Å²) in [7, 11) is 0. The Labute approximate surface area is 180 Å². The minimum atomic E-state index is -1.22. The number of nitrogens with zero attached hydrogens (tertiary/aromatic N) is 3. The van der Waals surface area contributed by atoms with Crippen molar-refractivity contribution in [2.24, 2.45) is 0 Å². The van der Waals surface area contributed by atoms with Gasteiger partial charge in [-0.2, -0.15) is 0 Å². The number of hydrogen-bond acceptors (Lipinski definition) is 3. The molecule has 0 atom stereocenters. The van der Waals surface area contributed by atoms with Gasteiger partial charge >= 0.3 is 0 Å². The number of carbonyl (C=O) groups excluding carboxylic acids is 1. The van der Waals surface area contributed by atoms with Crippen LogP contribution in [-0.4, -0.2) is 47.0 Å². The van der Waals surface area contributed by atoms with E-state index < -0.39 is 23.4 Å². The van der Waals surface area contributed by atoms with E-state index in [9.17, 15) is 18.0 Å². The van der Waals surface area contributed by atoms with Crippen LogP contribution < -0.4 is 5.32 Å². The van der Waals surface area contributed by atoms with Crippen molar-refractivity contribution in [2.75, 3.05) is 25.0 Å². The number of anilines is 2. The lowest BCUT2D eigenvalue weighted by molar-refractivity contribution is -0.00884. The predicted octanol–water partition coefficient (Wildman–Crippen LogP) is 4.66. The first kappa shape index (κ1) is 20.4. The van der Waals surface area contributed by atoms with Crippen LogP contribution in [0.5, 0.6) is 0 Å². The highest BCUT2D eigenvalue weighted by Gasteiger charge is 2.44. The summed E-state index contributed by atoms with van der Waals surface area (Å²) < 4.78 is 43.2. The van der Waals surface area contributed by atoms with Crippen molar-refractivity contribution in [3.8, 4) is 0 Å². The second kappa shape index (κ2) is 7.44. The molecule has 1 N–H and O–H groups in total. The third-order valence-corrected chi connectivity index (χ3v) is 5.84. The zero-order valence-electron chi connectivity index (χ0n) is 15.8. The Kier molecular flexibility index (Phi) is 5.24. The summed E-state index contributed by atoms with van der Waals surface area (Å²) in [6, 6.07) is 6.74. The van der Waals surface area contributed by atoms with Gasteiger partial charge in [0.2, 0.25) is 0 Å². The highest BCUT2D eigenvalue weighted by atomic mass is 127. The largest absolute Gasteiger partial charge is 0.585 e. The quantitative estimate of drug-likeness (QED) is 0.603. The summed E-state index contributed by atoms with van der Waals surface area (Å²) in [6.07, 6.45) is 0. The molecule has 0 aliphatic carbocycles. The van der Waals surface area contributed by atoms with E-state index in [4.69, 9.17) is 0 Å². The number of carbonyl (C=O) groups is 1. The Morgan fingerprint density at radius 3 is 2.45 bits per heavy atom. The molecule has 154 valence electrons. The van der Waals surface area contributed by atoms with E-state index in [0.29, 0.717) is 22.7 Å². The first-order valence-electron chi connectivity index (χ1n) is 9.18. The van der Waals surface area contributed by atoms with Gasteiger partial charge in [0.15, 0.2) is 11.6 Å². The van der Waals surface area contributed by atoms with Crippen LogP contribution in [0, 0.1) is 21.0 Å². The number of benzene rings is 2. The molecule has 0 unspecified atom stereocenters. The number of nitrogens with one attached hydrogen (secondary N) is 1. The number of halogens is 4. The third-order valence-electron chi connectivity index (χ3n) is 5.17. The van der Waals surface area contributed by atoms with E-state index in [-0.39, 0.29) is 22.5 Å². The standard InChI is InChI=1S/C20H19F3IN4O/c1-11(2)28-10-20(26-28)8-27(9-20)19(29)13-4-5-14(21)17(23)18(13)25-16-6-3-12(24)7-15(16)22/h3-7,11,25H,8-10H2,1-2H3/q-1. The molecular formula is C20H19F3IN4O-. The molecule has 2 aliphatic rings. The van der Waals surface area contributed by atoms with E-state index in [1.54, 1.807) is 11.0 Å². The molecule has 29 heavy (non-hydrogen) atoms. The molecule has 2 heterocycles. The molecule has 2 aromatic rings. The lowest BCUT2D eigenvalue weighted by Crippen LogP contribution is -2.74. The van der Waals surface area contributed by atoms with Crippen LogP contribution in [0.25, 0.3) is 5.43 Å². The second-order valence-electron chi connectivity index (χ2n) is 7.71. The van der Waals surface area contributed by atoms with Crippen molar-refractivity contribution in [3.63, 3.8) is 0 Å². The van der Waals surface area contributed by atoms with E-state index in [0.717, 1.165) is 12.6 Å². The van der Waals surface area contributed by atoms with Gasteiger partial charge in [-0.1, -0.05) is 19.4 Å². The van der Waals surface area contributed by atoms with Gasteiger partial charge in [-0.25, -0.2) is 13.2 Å². The summed E-state index contributed by atoms with van der Waals surface area (Å²) in [5, 5.41) is 4.52. The Bertz CT molecular complexity index is 970. The van der Waals surface area contributed by atoms with Gasteiger partial charge in [-0.15, -0.1) is 0 Å². The van der Waals surface area contributed by atoms with Crippen LogP contribution in [0.3, 0.4) is 0 Å². The lowest BCUT2D eigenvalue weighted by atomic mass is 9.85. The highest BCUT2D eigenvalue weighted by Crippen LogP contribution is 2.42. The van der Waals surface area contributed by atoms with E-state index >= 15 is 0 Å². The first-order chi connectivity index (χ1) is 13.7. The topological polar surface area (TPSA) is 49.7 Å². The number of likely N-dealkylation sites (tertiary alicyclic amines) is 1. The Morgan fingerprint density at radius 2 is 1.83 bits per heavy atom. The molecule has 9 heteroatoms. The predicted molar refractivity (Wildman–Crippen MR) is 113 cm³/mol. The molecule has 5 nitrogen and oxygen atoms in total. The molecule has 2 aliphatic heterocycles. The number of hydrogen-bond donors (Lipinski definition) is 1. The normalized spacial score (nSPS) is 18.0. The summed E-state index contributed by atoms with van der Waals surface area (Å²) in [4.78, 5) is 14.5. The number of rotatable bonds is 4. The summed E-state index contributed by atoms with van der Waals surface area (Å²) in [5.41, 5.74) is 3.84. The smallest absolute Gasteiger partial charge is 0.256 e. The van der Waals surface area contributed by atoms with E-state index in [1.165, 1.54) is 18.2 Å². The second-order valence-corrected chi connectivity index (χ2v) is 8.96. The molecule has 0 saturated carbocycles. The van der Waals surface area contributed by atoms with Crippen molar-refractivity contribution in [3.05, 3.63) is 62.3 Å². The molecule has 1 spiro atoms. The molecule has 0 radical (unpaired) electrons. The molecule has 0 aromatic heterocycles. The summed E-state index contributed by atoms with van der Waals surface area (Å²) >= 11 is 1.95. The lowest BCUT2D eigenvalue weighted by Gasteiger charge is -2.74. The average molecular weight is 515 g/mol. The maximum absolute atomic E-state index is 14.5. The van der Waals surface area contributed by atoms with E-state index in [1.807, 2.05) is 41.4 Å². The van der Waals surface area contributed by atoms with Crippen LogP contribution in [0.15, 0.2) is 30.3 Å². The van der Waals surface area contributed by atoms with Crippen molar-refractivity contribution in [1.29, 1.82) is 0 Å². The van der Waals surface area contributed by atoms with Crippen LogP contribution >= 0.6 is 22.6 Å². The fourth-order valence-electron chi connectivity index (χ4n) is 3.58. The molecule has 2 saturated heterocycles. The van der Waals surface area contributed by atoms with Crippen molar-refractivity contribution in [1.82, 2.24) is 9.91 Å². The highest BCUT2D eigenvalue weighted by molar-refractivity contribution is 14.1. The van der Waals surface area contributed by atoms with Gasteiger partial charge in [0.1, 0.15) is 5.82 Å². The fraction of sp³-hybridized carbons (Fsp3) is 0.350. The summed E-state index contributed by atoms with van der Waals surface area (Å²) in [6.45, 7) is 5.70. The van der Waals surface area contributed by atoms with Crippen LogP contribution in [0.1, 0.15) is 24.2 Å². The molecule has 4 rings (SSSR count). The third kappa shape index (κ3) is 3.71. The van der Waals surface area contributed by atoms with Gasteiger partial charge in [-0.05, 0) is 65.5 Å².